The molecule has 3 heteroatoms. The van der Waals surface area contributed by atoms with Crippen molar-refractivity contribution in [1.82, 2.24) is 5.32 Å². The minimum Gasteiger partial charge on any atom is -0.373 e. The van der Waals surface area contributed by atoms with Crippen LogP contribution in [-0.2, 0) is 4.74 Å². The Labute approximate surface area is 101 Å². The zero-order chi connectivity index (χ0) is 11.8. The van der Waals surface area contributed by atoms with E-state index in [0.717, 1.165) is 12.0 Å². The van der Waals surface area contributed by atoms with Gasteiger partial charge >= 0.3 is 0 Å². The molecule has 2 aliphatic heterocycles. The summed E-state index contributed by atoms with van der Waals surface area (Å²) in [5, 5.41) is 3.60. The molecule has 0 spiro atoms. The minimum atomic E-state index is -0.177. The van der Waals surface area contributed by atoms with Crippen molar-refractivity contribution in [2.75, 3.05) is 0 Å². The molecule has 2 fully saturated rings. The molecule has 1 aromatic carbocycles. The Bertz CT molecular complexity index is 392. The van der Waals surface area contributed by atoms with Crippen molar-refractivity contribution in [2.24, 2.45) is 0 Å². The number of halogens is 1. The van der Waals surface area contributed by atoms with Crippen LogP contribution >= 0.6 is 0 Å². The first kappa shape index (κ1) is 11.2. The monoisotopic (exact) mass is 235 g/mol. The van der Waals surface area contributed by atoms with Gasteiger partial charge in [-0.2, -0.15) is 0 Å². The number of hydrogen-bond donors (Lipinski definition) is 1. The average molecular weight is 235 g/mol. The van der Waals surface area contributed by atoms with Crippen molar-refractivity contribution < 1.29 is 9.13 Å². The normalized spacial score (nSPS) is 32.9. The standard InChI is InChI=1S/C14H18FNO/c1-9(10-2-4-11(15)5-3-10)16-13-8-12-6-7-14(13)17-12/h2-5,9,12-14,16H,6-8H2,1H3. The number of fused-ring (bicyclic) bond motifs is 2. The lowest BCUT2D eigenvalue weighted by molar-refractivity contribution is 0.0962. The summed E-state index contributed by atoms with van der Waals surface area (Å²) in [6.07, 6.45) is 4.38. The highest BCUT2D eigenvalue weighted by Crippen LogP contribution is 2.35. The summed E-state index contributed by atoms with van der Waals surface area (Å²) in [6.45, 7) is 2.12. The predicted octanol–water partition coefficient (Wildman–Crippen LogP) is 2.80. The Kier molecular flexibility index (Phi) is 2.89. The van der Waals surface area contributed by atoms with Crippen LogP contribution in [0.2, 0.25) is 0 Å². The highest BCUT2D eigenvalue weighted by Gasteiger charge is 2.40. The fraction of sp³-hybridized carbons (Fsp3) is 0.571. The van der Waals surface area contributed by atoms with Crippen molar-refractivity contribution in [3.63, 3.8) is 0 Å². The van der Waals surface area contributed by atoms with Gasteiger partial charge < -0.3 is 10.1 Å². The Balaban J connectivity index is 1.63. The molecule has 2 heterocycles. The first-order valence-electron chi connectivity index (χ1n) is 6.39. The van der Waals surface area contributed by atoms with E-state index >= 15 is 0 Å². The van der Waals surface area contributed by atoms with Crippen molar-refractivity contribution in [2.45, 2.75) is 50.5 Å². The molecular weight excluding hydrogens is 217 g/mol. The Morgan fingerprint density at radius 2 is 2.06 bits per heavy atom. The summed E-state index contributed by atoms with van der Waals surface area (Å²) in [5.74, 6) is -0.177. The smallest absolute Gasteiger partial charge is 0.123 e. The summed E-state index contributed by atoms with van der Waals surface area (Å²) in [7, 11) is 0. The van der Waals surface area contributed by atoms with E-state index in [1.165, 1.54) is 25.0 Å². The Hall–Kier alpha value is -0.930. The molecular formula is C14H18FNO. The molecule has 2 nitrogen and oxygen atoms in total. The molecule has 0 aromatic heterocycles. The number of ether oxygens (including phenoxy) is 1. The third-order valence-corrected chi connectivity index (χ3v) is 3.94. The second kappa shape index (κ2) is 4.39. The van der Waals surface area contributed by atoms with Gasteiger partial charge in [0.1, 0.15) is 5.82 Å². The molecule has 0 saturated carbocycles. The molecule has 1 N–H and O–H groups in total. The fourth-order valence-corrected chi connectivity index (χ4v) is 2.98. The van der Waals surface area contributed by atoms with Gasteiger partial charge in [-0.3, -0.25) is 0 Å². The van der Waals surface area contributed by atoms with Gasteiger partial charge in [-0.25, -0.2) is 4.39 Å². The van der Waals surface area contributed by atoms with E-state index in [9.17, 15) is 4.39 Å². The first-order chi connectivity index (χ1) is 8.22. The van der Waals surface area contributed by atoms with Gasteiger partial charge in [0.2, 0.25) is 0 Å². The molecule has 4 unspecified atom stereocenters. The lowest BCUT2D eigenvalue weighted by Crippen LogP contribution is -2.38. The van der Waals surface area contributed by atoms with Gasteiger partial charge in [-0.05, 0) is 43.9 Å². The van der Waals surface area contributed by atoms with Crippen LogP contribution in [0, 0.1) is 5.82 Å². The summed E-state index contributed by atoms with van der Waals surface area (Å²) < 4.78 is 18.7. The third-order valence-electron chi connectivity index (χ3n) is 3.94. The largest absolute Gasteiger partial charge is 0.373 e. The van der Waals surface area contributed by atoms with Gasteiger partial charge in [0.15, 0.2) is 0 Å². The van der Waals surface area contributed by atoms with Gasteiger partial charge in [0, 0.05) is 12.1 Å². The molecule has 1 aromatic rings. The van der Waals surface area contributed by atoms with E-state index in [-0.39, 0.29) is 11.9 Å². The van der Waals surface area contributed by atoms with E-state index in [1.807, 2.05) is 12.1 Å². The number of rotatable bonds is 3. The number of nitrogens with one attached hydrogen (secondary N) is 1. The zero-order valence-corrected chi connectivity index (χ0v) is 10.0. The molecule has 4 atom stereocenters. The molecule has 0 aliphatic carbocycles. The van der Waals surface area contributed by atoms with Gasteiger partial charge in [-0.1, -0.05) is 12.1 Å². The maximum absolute atomic E-state index is 12.8. The Morgan fingerprint density at radius 3 is 2.65 bits per heavy atom. The highest BCUT2D eigenvalue weighted by atomic mass is 19.1. The molecule has 17 heavy (non-hydrogen) atoms. The van der Waals surface area contributed by atoms with Crippen LogP contribution in [0.3, 0.4) is 0 Å². The van der Waals surface area contributed by atoms with Crippen molar-refractivity contribution in [3.8, 4) is 0 Å². The van der Waals surface area contributed by atoms with Crippen molar-refractivity contribution in [3.05, 3.63) is 35.6 Å². The maximum Gasteiger partial charge on any atom is 0.123 e. The summed E-state index contributed by atoms with van der Waals surface area (Å²) in [6, 6.07) is 7.45. The van der Waals surface area contributed by atoms with Crippen LogP contribution in [0.1, 0.15) is 37.8 Å². The Morgan fingerprint density at radius 1 is 1.29 bits per heavy atom. The fourth-order valence-electron chi connectivity index (χ4n) is 2.98. The molecule has 3 rings (SSSR count). The van der Waals surface area contributed by atoms with E-state index in [1.54, 1.807) is 0 Å². The molecule has 92 valence electrons. The summed E-state index contributed by atoms with van der Waals surface area (Å²) >= 11 is 0. The molecule has 2 saturated heterocycles. The molecule has 2 bridgehead atoms. The summed E-state index contributed by atoms with van der Waals surface area (Å²) in [5.41, 5.74) is 1.13. The van der Waals surface area contributed by atoms with E-state index < -0.39 is 0 Å². The van der Waals surface area contributed by atoms with Crippen molar-refractivity contribution >= 4 is 0 Å². The molecule has 0 amide bonds. The lowest BCUT2D eigenvalue weighted by atomic mass is 9.94. The average Bonchev–Trinajstić information content (AvgIpc) is 2.91. The van der Waals surface area contributed by atoms with E-state index in [4.69, 9.17) is 4.74 Å². The van der Waals surface area contributed by atoms with Crippen molar-refractivity contribution in [1.29, 1.82) is 0 Å². The van der Waals surface area contributed by atoms with Crippen LogP contribution in [0.15, 0.2) is 24.3 Å². The number of benzene rings is 1. The maximum atomic E-state index is 12.8. The van der Waals surface area contributed by atoms with E-state index in [2.05, 4.69) is 12.2 Å². The second-order valence-corrected chi connectivity index (χ2v) is 5.16. The summed E-state index contributed by atoms with van der Waals surface area (Å²) in [4.78, 5) is 0. The van der Waals surface area contributed by atoms with Crippen LogP contribution < -0.4 is 5.32 Å². The van der Waals surface area contributed by atoms with Crippen LogP contribution in [0.25, 0.3) is 0 Å². The predicted molar refractivity (Wildman–Crippen MR) is 64.3 cm³/mol. The van der Waals surface area contributed by atoms with E-state index in [0.29, 0.717) is 18.2 Å². The zero-order valence-electron chi connectivity index (χ0n) is 10.0. The first-order valence-corrected chi connectivity index (χ1v) is 6.39. The topological polar surface area (TPSA) is 21.3 Å². The quantitative estimate of drug-likeness (QED) is 0.869. The lowest BCUT2D eigenvalue weighted by Gasteiger charge is -2.24. The number of hydrogen-bond acceptors (Lipinski definition) is 2. The minimum absolute atomic E-state index is 0.177. The van der Waals surface area contributed by atoms with Gasteiger partial charge in [-0.15, -0.1) is 0 Å². The van der Waals surface area contributed by atoms with Gasteiger partial charge in [0.25, 0.3) is 0 Å². The van der Waals surface area contributed by atoms with Crippen LogP contribution in [0.5, 0.6) is 0 Å². The van der Waals surface area contributed by atoms with Crippen LogP contribution in [-0.4, -0.2) is 18.2 Å². The SMILES string of the molecule is CC(NC1CC2CCC1O2)c1ccc(F)cc1. The highest BCUT2D eigenvalue weighted by molar-refractivity contribution is 5.19. The molecule has 2 aliphatic rings. The van der Waals surface area contributed by atoms with Crippen LogP contribution in [0.4, 0.5) is 4.39 Å². The second-order valence-electron chi connectivity index (χ2n) is 5.16. The van der Waals surface area contributed by atoms with Gasteiger partial charge in [0.05, 0.1) is 12.2 Å². The third kappa shape index (κ3) is 2.22. The molecule has 0 radical (unpaired) electrons.